The standard InChI is InChI=1S/C20H20N2O4S/c1-4-21-20-22(5-2)18(23)17(27-20)11-14-7-9-16(26-14)15-8-6-13(19(24)25)10-12(15)3/h6-11H,4-5H2,1-3H3,(H,24,25). The van der Waals surface area contributed by atoms with Crippen molar-refractivity contribution in [3.8, 4) is 11.3 Å². The lowest BCUT2D eigenvalue weighted by atomic mass is 10.0. The molecule has 1 amide bonds. The molecular formula is C20H20N2O4S. The van der Waals surface area contributed by atoms with Crippen molar-refractivity contribution in [2.24, 2.45) is 4.99 Å². The summed E-state index contributed by atoms with van der Waals surface area (Å²) >= 11 is 1.35. The van der Waals surface area contributed by atoms with Crippen molar-refractivity contribution >= 4 is 34.9 Å². The molecule has 2 aromatic rings. The van der Waals surface area contributed by atoms with Gasteiger partial charge in [0, 0.05) is 24.7 Å². The highest BCUT2D eigenvalue weighted by Gasteiger charge is 2.32. The number of furan rings is 1. The molecule has 7 heteroatoms. The number of likely N-dealkylation sites (N-methyl/N-ethyl adjacent to an activating group) is 1. The monoisotopic (exact) mass is 384 g/mol. The second-order valence-electron chi connectivity index (χ2n) is 5.95. The molecule has 1 aliphatic rings. The number of carboxylic acids is 1. The Morgan fingerprint density at radius 3 is 2.70 bits per heavy atom. The zero-order valence-corrected chi connectivity index (χ0v) is 16.2. The van der Waals surface area contributed by atoms with Gasteiger partial charge in [-0.1, -0.05) is 6.07 Å². The molecule has 6 nitrogen and oxygen atoms in total. The Kier molecular flexibility index (Phi) is 5.51. The first kappa shape index (κ1) is 19.0. The summed E-state index contributed by atoms with van der Waals surface area (Å²) in [5, 5.41) is 9.79. The summed E-state index contributed by atoms with van der Waals surface area (Å²) in [4.78, 5) is 30.2. The van der Waals surface area contributed by atoms with E-state index in [4.69, 9.17) is 9.52 Å². The minimum absolute atomic E-state index is 0.0744. The van der Waals surface area contributed by atoms with Crippen LogP contribution in [0.3, 0.4) is 0 Å². The van der Waals surface area contributed by atoms with E-state index >= 15 is 0 Å². The first-order valence-electron chi connectivity index (χ1n) is 8.64. The fraction of sp³-hybridized carbons (Fsp3) is 0.250. The second kappa shape index (κ2) is 7.84. The zero-order chi connectivity index (χ0) is 19.6. The van der Waals surface area contributed by atoms with E-state index in [0.29, 0.717) is 34.7 Å². The van der Waals surface area contributed by atoms with Crippen molar-refractivity contribution in [1.82, 2.24) is 4.90 Å². The van der Waals surface area contributed by atoms with Crippen molar-refractivity contribution in [2.75, 3.05) is 13.1 Å². The SMILES string of the molecule is CCN=C1SC(=Cc2ccc(-c3ccc(C(=O)O)cc3C)o2)C(=O)N1CC. The van der Waals surface area contributed by atoms with E-state index < -0.39 is 5.97 Å². The van der Waals surface area contributed by atoms with E-state index in [0.717, 1.165) is 11.1 Å². The van der Waals surface area contributed by atoms with Crippen LogP contribution in [-0.2, 0) is 4.79 Å². The normalized spacial score (nSPS) is 17.3. The summed E-state index contributed by atoms with van der Waals surface area (Å²) in [7, 11) is 0. The number of hydrogen-bond acceptors (Lipinski definition) is 5. The number of amidine groups is 1. The molecule has 1 fully saturated rings. The van der Waals surface area contributed by atoms with Crippen molar-refractivity contribution in [2.45, 2.75) is 20.8 Å². The largest absolute Gasteiger partial charge is 0.478 e. The van der Waals surface area contributed by atoms with Crippen molar-refractivity contribution in [3.63, 3.8) is 0 Å². The van der Waals surface area contributed by atoms with Gasteiger partial charge in [-0.05, 0) is 62.4 Å². The topological polar surface area (TPSA) is 83.1 Å². The first-order valence-corrected chi connectivity index (χ1v) is 9.46. The highest BCUT2D eigenvalue weighted by atomic mass is 32.2. The van der Waals surface area contributed by atoms with Gasteiger partial charge in [0.2, 0.25) is 0 Å². The molecule has 1 aliphatic heterocycles. The summed E-state index contributed by atoms with van der Waals surface area (Å²) < 4.78 is 5.88. The van der Waals surface area contributed by atoms with E-state index in [1.165, 1.54) is 11.8 Å². The van der Waals surface area contributed by atoms with Gasteiger partial charge in [0.05, 0.1) is 10.5 Å². The minimum atomic E-state index is -0.962. The average Bonchev–Trinajstić information content (AvgIpc) is 3.20. The number of nitrogens with zero attached hydrogens (tertiary/aromatic N) is 2. The second-order valence-corrected chi connectivity index (χ2v) is 6.96. The molecule has 0 unspecified atom stereocenters. The Hall–Kier alpha value is -2.80. The van der Waals surface area contributed by atoms with Gasteiger partial charge in [-0.3, -0.25) is 14.7 Å². The summed E-state index contributed by atoms with van der Waals surface area (Å²) in [6.45, 7) is 6.88. The predicted molar refractivity (Wildman–Crippen MR) is 107 cm³/mol. The summed E-state index contributed by atoms with van der Waals surface area (Å²) in [6, 6.07) is 8.51. The summed E-state index contributed by atoms with van der Waals surface area (Å²) in [5.41, 5.74) is 1.86. The third kappa shape index (κ3) is 3.83. The predicted octanol–water partition coefficient (Wildman–Crippen LogP) is 4.27. The Labute approximate surface area is 161 Å². The molecule has 3 rings (SSSR count). The van der Waals surface area contributed by atoms with Crippen LogP contribution in [0.5, 0.6) is 0 Å². The lowest BCUT2D eigenvalue weighted by Crippen LogP contribution is -2.28. The fourth-order valence-electron chi connectivity index (χ4n) is 2.82. The number of aliphatic imine (C=N–C) groups is 1. The van der Waals surface area contributed by atoms with Gasteiger partial charge in [0.15, 0.2) is 5.17 Å². The summed E-state index contributed by atoms with van der Waals surface area (Å²) in [6.07, 6.45) is 1.72. The smallest absolute Gasteiger partial charge is 0.335 e. The van der Waals surface area contributed by atoms with Gasteiger partial charge < -0.3 is 9.52 Å². The van der Waals surface area contributed by atoms with E-state index in [-0.39, 0.29) is 11.5 Å². The van der Waals surface area contributed by atoms with Gasteiger partial charge in [-0.25, -0.2) is 4.79 Å². The maximum absolute atomic E-state index is 12.5. The number of carbonyl (C=O) groups is 2. The molecule has 0 spiro atoms. The molecule has 1 N–H and O–H groups in total. The first-order chi connectivity index (χ1) is 12.9. The van der Waals surface area contributed by atoms with E-state index in [9.17, 15) is 9.59 Å². The van der Waals surface area contributed by atoms with E-state index in [1.54, 1.807) is 35.2 Å². The highest BCUT2D eigenvalue weighted by molar-refractivity contribution is 8.18. The lowest BCUT2D eigenvalue weighted by Gasteiger charge is -2.11. The van der Waals surface area contributed by atoms with Gasteiger partial charge in [0.1, 0.15) is 11.5 Å². The van der Waals surface area contributed by atoms with Gasteiger partial charge in [0.25, 0.3) is 5.91 Å². The molecule has 27 heavy (non-hydrogen) atoms. The quantitative estimate of drug-likeness (QED) is 0.779. The highest BCUT2D eigenvalue weighted by Crippen LogP contribution is 2.34. The van der Waals surface area contributed by atoms with Gasteiger partial charge in [-0.2, -0.15) is 0 Å². The maximum atomic E-state index is 12.5. The number of aryl methyl sites for hydroxylation is 1. The molecular weight excluding hydrogens is 364 g/mol. The van der Waals surface area contributed by atoms with Crippen LogP contribution in [0, 0.1) is 6.92 Å². The van der Waals surface area contributed by atoms with Crippen LogP contribution in [0.1, 0.15) is 35.5 Å². The Bertz CT molecular complexity index is 959. The Balaban J connectivity index is 1.89. The minimum Gasteiger partial charge on any atom is -0.478 e. The third-order valence-electron chi connectivity index (χ3n) is 4.14. The fourth-order valence-corrected chi connectivity index (χ4v) is 3.90. The lowest BCUT2D eigenvalue weighted by molar-refractivity contribution is -0.122. The van der Waals surface area contributed by atoms with Crippen LogP contribution in [0.2, 0.25) is 0 Å². The Morgan fingerprint density at radius 2 is 2.07 bits per heavy atom. The third-order valence-corrected chi connectivity index (χ3v) is 5.18. The number of amides is 1. The van der Waals surface area contributed by atoms with E-state index in [1.807, 2.05) is 26.8 Å². The zero-order valence-electron chi connectivity index (χ0n) is 15.4. The number of aromatic carboxylic acids is 1. The molecule has 1 saturated heterocycles. The average molecular weight is 384 g/mol. The van der Waals surface area contributed by atoms with Crippen LogP contribution in [-0.4, -0.2) is 40.1 Å². The van der Waals surface area contributed by atoms with Crippen LogP contribution in [0.15, 0.2) is 44.6 Å². The van der Waals surface area contributed by atoms with Crippen molar-refractivity contribution < 1.29 is 19.1 Å². The molecule has 0 radical (unpaired) electrons. The van der Waals surface area contributed by atoms with E-state index in [2.05, 4.69) is 4.99 Å². The van der Waals surface area contributed by atoms with Crippen LogP contribution in [0.4, 0.5) is 0 Å². The molecule has 1 aromatic carbocycles. The van der Waals surface area contributed by atoms with Crippen LogP contribution >= 0.6 is 11.8 Å². The number of carbonyl (C=O) groups excluding carboxylic acids is 1. The molecule has 0 atom stereocenters. The van der Waals surface area contributed by atoms with Gasteiger partial charge >= 0.3 is 5.97 Å². The molecule has 1 aromatic heterocycles. The molecule has 0 aliphatic carbocycles. The maximum Gasteiger partial charge on any atom is 0.335 e. The van der Waals surface area contributed by atoms with Crippen molar-refractivity contribution in [3.05, 3.63) is 52.1 Å². The number of thioether (sulfide) groups is 1. The van der Waals surface area contributed by atoms with Crippen LogP contribution < -0.4 is 0 Å². The van der Waals surface area contributed by atoms with Gasteiger partial charge in [-0.15, -0.1) is 0 Å². The van der Waals surface area contributed by atoms with Crippen LogP contribution in [0.25, 0.3) is 17.4 Å². The molecule has 2 heterocycles. The number of rotatable bonds is 5. The Morgan fingerprint density at radius 1 is 1.30 bits per heavy atom. The molecule has 0 saturated carbocycles. The number of carboxylic acid groups (broad SMARTS) is 1. The molecule has 140 valence electrons. The van der Waals surface area contributed by atoms with Crippen molar-refractivity contribution in [1.29, 1.82) is 0 Å². The number of benzene rings is 1. The number of hydrogen-bond donors (Lipinski definition) is 1. The summed E-state index contributed by atoms with van der Waals surface area (Å²) in [5.74, 6) is 0.156. The molecule has 0 bridgehead atoms.